The minimum Gasteiger partial charge on any atom is -0.352 e. The van der Waals surface area contributed by atoms with Gasteiger partial charge in [0.25, 0.3) is 0 Å². The van der Waals surface area contributed by atoms with Gasteiger partial charge in [-0.1, -0.05) is 12.1 Å². The molecule has 0 fully saturated rings. The van der Waals surface area contributed by atoms with Crippen LogP contribution in [0.4, 0.5) is 0 Å². The van der Waals surface area contributed by atoms with Crippen molar-refractivity contribution in [2.45, 2.75) is 18.0 Å². The molecule has 0 radical (unpaired) electrons. The highest BCUT2D eigenvalue weighted by molar-refractivity contribution is 14.0. The van der Waals surface area contributed by atoms with Crippen molar-refractivity contribution in [3.05, 3.63) is 52.3 Å². The number of nitrogens with one attached hydrogen (secondary N) is 2. The second-order valence-electron chi connectivity index (χ2n) is 5.87. The van der Waals surface area contributed by atoms with E-state index in [-0.39, 0.29) is 28.9 Å². The van der Waals surface area contributed by atoms with Gasteiger partial charge in [0.05, 0.1) is 11.4 Å². The maximum Gasteiger partial charge on any atom is 0.240 e. The average Bonchev–Trinajstić information content (AvgIpc) is 2.92. The molecule has 27 heavy (non-hydrogen) atoms. The number of hydrogen-bond donors (Lipinski definition) is 2. The lowest BCUT2D eigenvalue weighted by molar-refractivity contribution is 0.461. The molecule has 0 spiro atoms. The lowest BCUT2D eigenvalue weighted by Gasteiger charge is -2.22. The summed E-state index contributed by atoms with van der Waals surface area (Å²) >= 11 is 3.48. The topological polar surface area (TPSA) is 78.7 Å². The number of aromatic nitrogens is 1. The minimum absolute atomic E-state index is 0. The second-order valence-corrected chi connectivity index (χ2v) is 8.67. The Morgan fingerprint density at radius 1 is 1.33 bits per heavy atom. The molecule has 0 aliphatic rings. The number of halogens is 2. The summed E-state index contributed by atoms with van der Waals surface area (Å²) in [6.45, 7) is 1.16. The van der Waals surface area contributed by atoms with E-state index < -0.39 is 10.0 Å². The molecular formula is C17H25BrIN5O2S. The Labute approximate surface area is 186 Å². The summed E-state index contributed by atoms with van der Waals surface area (Å²) in [6, 6.07) is 8.90. The van der Waals surface area contributed by atoms with Crippen LogP contribution in [-0.2, 0) is 30.2 Å². The Morgan fingerprint density at radius 2 is 2.04 bits per heavy atom. The van der Waals surface area contributed by atoms with Crippen LogP contribution in [0.25, 0.3) is 0 Å². The summed E-state index contributed by atoms with van der Waals surface area (Å²) in [5.74, 6) is 0.726. The van der Waals surface area contributed by atoms with Gasteiger partial charge in [0.15, 0.2) is 5.96 Å². The third-order valence-corrected chi connectivity index (χ3v) is 5.82. The Morgan fingerprint density at radius 3 is 2.59 bits per heavy atom. The summed E-state index contributed by atoms with van der Waals surface area (Å²) < 4.78 is 29.3. The van der Waals surface area contributed by atoms with E-state index in [0.717, 1.165) is 21.7 Å². The molecule has 1 aromatic heterocycles. The van der Waals surface area contributed by atoms with Crippen LogP contribution in [0.2, 0.25) is 0 Å². The van der Waals surface area contributed by atoms with E-state index in [9.17, 15) is 8.42 Å². The van der Waals surface area contributed by atoms with Crippen molar-refractivity contribution >= 4 is 55.9 Å². The summed E-state index contributed by atoms with van der Waals surface area (Å²) in [6.07, 6.45) is 2.01. The van der Waals surface area contributed by atoms with E-state index in [1.54, 1.807) is 25.2 Å². The van der Waals surface area contributed by atoms with E-state index in [1.165, 1.54) is 7.05 Å². The SMILES string of the molecule is CN=C(NCc1cccc(S(=O)(=O)NC)c1)N(C)Cc1cc(Br)cn1C.I. The van der Waals surface area contributed by atoms with Crippen LogP contribution in [0.1, 0.15) is 11.3 Å². The van der Waals surface area contributed by atoms with E-state index >= 15 is 0 Å². The third kappa shape index (κ3) is 6.47. The number of benzene rings is 1. The summed E-state index contributed by atoms with van der Waals surface area (Å²) in [7, 11) is 3.63. The first-order valence-electron chi connectivity index (χ1n) is 8.02. The van der Waals surface area contributed by atoms with Crippen molar-refractivity contribution in [3.63, 3.8) is 0 Å². The molecule has 1 heterocycles. The molecule has 1 aromatic carbocycles. The lowest BCUT2D eigenvalue weighted by Crippen LogP contribution is -2.38. The van der Waals surface area contributed by atoms with E-state index in [4.69, 9.17) is 0 Å². The predicted octanol–water partition coefficient (Wildman–Crippen LogP) is 2.52. The lowest BCUT2D eigenvalue weighted by atomic mass is 10.2. The number of nitrogens with zero attached hydrogens (tertiary/aromatic N) is 3. The van der Waals surface area contributed by atoms with Gasteiger partial charge >= 0.3 is 0 Å². The fraction of sp³-hybridized carbons (Fsp3) is 0.353. The first-order valence-corrected chi connectivity index (χ1v) is 10.3. The monoisotopic (exact) mass is 569 g/mol. The van der Waals surface area contributed by atoms with Crippen molar-refractivity contribution in [1.29, 1.82) is 0 Å². The van der Waals surface area contributed by atoms with Crippen LogP contribution in [0.15, 0.2) is 50.9 Å². The summed E-state index contributed by atoms with van der Waals surface area (Å²) in [5.41, 5.74) is 2.00. The quantitative estimate of drug-likeness (QED) is 0.318. The van der Waals surface area contributed by atoms with Crippen molar-refractivity contribution in [2.75, 3.05) is 21.1 Å². The zero-order valence-corrected chi connectivity index (χ0v) is 20.5. The Bertz CT molecular complexity index is 898. The molecule has 0 unspecified atom stereocenters. The smallest absolute Gasteiger partial charge is 0.240 e. The Kier molecular flexibility index (Phi) is 9.25. The maximum absolute atomic E-state index is 11.9. The Hall–Kier alpha value is -1.11. The normalized spacial score (nSPS) is 11.8. The third-order valence-electron chi connectivity index (χ3n) is 3.98. The molecule has 2 N–H and O–H groups in total. The van der Waals surface area contributed by atoms with Gasteiger partial charge in [0, 0.05) is 44.1 Å². The number of aryl methyl sites for hydroxylation is 1. The molecule has 2 rings (SSSR count). The van der Waals surface area contributed by atoms with Gasteiger partial charge in [-0.25, -0.2) is 13.1 Å². The van der Waals surface area contributed by atoms with Gasteiger partial charge in [-0.3, -0.25) is 4.99 Å². The molecule has 0 atom stereocenters. The van der Waals surface area contributed by atoms with Crippen LogP contribution >= 0.6 is 39.9 Å². The van der Waals surface area contributed by atoms with Crippen LogP contribution < -0.4 is 10.0 Å². The average molecular weight is 570 g/mol. The van der Waals surface area contributed by atoms with Gasteiger partial charge in [-0.15, -0.1) is 24.0 Å². The number of aliphatic imine (C=N–C) groups is 1. The van der Waals surface area contributed by atoms with Gasteiger partial charge < -0.3 is 14.8 Å². The highest BCUT2D eigenvalue weighted by Crippen LogP contribution is 2.15. The number of hydrogen-bond acceptors (Lipinski definition) is 3. The molecule has 0 saturated carbocycles. The van der Waals surface area contributed by atoms with Gasteiger partial charge in [0.2, 0.25) is 10.0 Å². The molecule has 10 heteroatoms. The van der Waals surface area contributed by atoms with Crippen molar-refractivity contribution in [2.24, 2.45) is 12.0 Å². The predicted molar refractivity (Wildman–Crippen MR) is 123 cm³/mol. The molecular weight excluding hydrogens is 545 g/mol. The minimum atomic E-state index is -3.45. The van der Waals surface area contributed by atoms with Crippen LogP contribution in [0, 0.1) is 0 Å². The summed E-state index contributed by atoms with van der Waals surface area (Å²) in [4.78, 5) is 6.56. The van der Waals surface area contributed by atoms with Crippen LogP contribution in [0.3, 0.4) is 0 Å². The molecule has 0 saturated heterocycles. The zero-order chi connectivity index (χ0) is 19.3. The fourth-order valence-electron chi connectivity index (χ4n) is 2.55. The molecule has 0 aliphatic heterocycles. The first-order chi connectivity index (χ1) is 12.3. The molecule has 0 aliphatic carbocycles. The first kappa shape index (κ1) is 23.9. The van der Waals surface area contributed by atoms with Gasteiger partial charge in [-0.05, 0) is 46.7 Å². The molecule has 150 valence electrons. The largest absolute Gasteiger partial charge is 0.352 e. The van der Waals surface area contributed by atoms with E-state index in [0.29, 0.717) is 13.1 Å². The Balaban J connectivity index is 0.00000364. The van der Waals surface area contributed by atoms with Gasteiger partial charge in [0.1, 0.15) is 0 Å². The second kappa shape index (κ2) is 10.4. The zero-order valence-electron chi connectivity index (χ0n) is 15.7. The highest BCUT2D eigenvalue weighted by Gasteiger charge is 2.13. The highest BCUT2D eigenvalue weighted by atomic mass is 127. The number of guanidine groups is 1. The number of sulfonamides is 1. The van der Waals surface area contributed by atoms with E-state index in [2.05, 4.69) is 41.6 Å². The van der Waals surface area contributed by atoms with Crippen LogP contribution in [0.5, 0.6) is 0 Å². The van der Waals surface area contributed by atoms with Crippen molar-refractivity contribution < 1.29 is 8.42 Å². The molecule has 0 bridgehead atoms. The fourth-order valence-corrected chi connectivity index (χ4v) is 3.92. The van der Waals surface area contributed by atoms with Crippen LogP contribution in [-0.4, -0.2) is 45.0 Å². The van der Waals surface area contributed by atoms with Crippen molar-refractivity contribution in [1.82, 2.24) is 19.5 Å². The summed E-state index contributed by atoms with van der Waals surface area (Å²) in [5, 5.41) is 3.27. The standard InChI is InChI=1S/C17H24BrN5O2S.HI/c1-19-17(23(4)12-15-9-14(18)11-22(15)3)21-10-13-6-5-7-16(8-13)26(24,25)20-2;/h5-9,11,20H,10,12H2,1-4H3,(H,19,21);1H. The molecule has 2 aromatic rings. The molecule has 7 nitrogen and oxygen atoms in total. The van der Waals surface area contributed by atoms with Gasteiger partial charge in [-0.2, -0.15) is 0 Å². The maximum atomic E-state index is 11.9. The number of rotatable bonds is 6. The molecule has 0 amide bonds. The van der Waals surface area contributed by atoms with E-state index in [1.807, 2.05) is 31.3 Å². The van der Waals surface area contributed by atoms with Crippen molar-refractivity contribution in [3.8, 4) is 0 Å².